The Morgan fingerprint density at radius 2 is 2.24 bits per heavy atom. The van der Waals surface area contributed by atoms with Crippen LogP contribution in [0.15, 0.2) is 18.2 Å². The van der Waals surface area contributed by atoms with Crippen LogP contribution in [0.25, 0.3) is 10.2 Å². The number of thiazole rings is 1. The molecular weight excluding hydrogens is 286 g/mol. The van der Waals surface area contributed by atoms with Gasteiger partial charge in [-0.2, -0.15) is 0 Å². The molecule has 2 heterocycles. The van der Waals surface area contributed by atoms with Crippen molar-refractivity contribution in [3.63, 3.8) is 0 Å². The van der Waals surface area contributed by atoms with Crippen molar-refractivity contribution in [1.82, 2.24) is 10.3 Å². The molecule has 1 aromatic heterocycles. The van der Waals surface area contributed by atoms with Crippen LogP contribution in [0.1, 0.15) is 12.8 Å². The van der Waals surface area contributed by atoms with Crippen LogP contribution in [0, 0.1) is 5.92 Å². The van der Waals surface area contributed by atoms with E-state index in [2.05, 4.69) is 15.2 Å². The molecule has 1 aliphatic carbocycles. The van der Waals surface area contributed by atoms with E-state index in [-0.39, 0.29) is 11.8 Å². The largest absolute Gasteiger partial charge is 0.497 e. The first-order valence-corrected chi connectivity index (χ1v) is 8.04. The molecule has 0 spiro atoms. The van der Waals surface area contributed by atoms with E-state index in [0.29, 0.717) is 6.04 Å². The van der Waals surface area contributed by atoms with E-state index in [0.717, 1.165) is 47.0 Å². The molecule has 0 unspecified atom stereocenters. The van der Waals surface area contributed by atoms with Crippen LogP contribution < -0.4 is 15.0 Å². The van der Waals surface area contributed by atoms with Gasteiger partial charge in [0.25, 0.3) is 0 Å². The van der Waals surface area contributed by atoms with Gasteiger partial charge in [0.15, 0.2) is 5.13 Å². The van der Waals surface area contributed by atoms with Gasteiger partial charge < -0.3 is 15.0 Å². The Kier molecular flexibility index (Phi) is 2.99. The van der Waals surface area contributed by atoms with Crippen molar-refractivity contribution < 1.29 is 9.53 Å². The number of rotatable bonds is 4. The molecule has 5 nitrogen and oxygen atoms in total. The second-order valence-corrected chi connectivity index (χ2v) is 6.72. The number of carbonyl (C=O) groups is 1. The minimum atomic E-state index is 0.118. The molecule has 110 valence electrons. The molecule has 6 heteroatoms. The molecule has 0 bridgehead atoms. The number of aromatic nitrogens is 1. The number of anilines is 1. The van der Waals surface area contributed by atoms with Crippen molar-refractivity contribution in [3.05, 3.63) is 18.2 Å². The highest BCUT2D eigenvalue weighted by Gasteiger charge is 2.36. The first-order valence-electron chi connectivity index (χ1n) is 7.23. The zero-order valence-electron chi connectivity index (χ0n) is 11.8. The maximum Gasteiger partial charge on any atom is 0.226 e. The van der Waals surface area contributed by atoms with Gasteiger partial charge in [0.2, 0.25) is 5.91 Å². The van der Waals surface area contributed by atoms with Crippen LogP contribution in [-0.2, 0) is 4.79 Å². The predicted octanol–water partition coefficient (Wildman–Crippen LogP) is 2.02. The molecule has 21 heavy (non-hydrogen) atoms. The Bertz CT molecular complexity index is 689. The predicted molar refractivity (Wildman–Crippen MR) is 83.0 cm³/mol. The third-order valence-electron chi connectivity index (χ3n) is 4.03. The van der Waals surface area contributed by atoms with Crippen molar-refractivity contribution in [2.45, 2.75) is 18.9 Å². The number of ether oxygens (including phenoxy) is 1. The summed E-state index contributed by atoms with van der Waals surface area (Å²) in [5.41, 5.74) is 0.959. The maximum absolute atomic E-state index is 11.9. The second-order valence-electron chi connectivity index (χ2n) is 5.71. The zero-order chi connectivity index (χ0) is 14.4. The van der Waals surface area contributed by atoms with Gasteiger partial charge in [-0.25, -0.2) is 4.98 Å². The first kappa shape index (κ1) is 12.9. The van der Waals surface area contributed by atoms with Crippen LogP contribution in [0.4, 0.5) is 5.13 Å². The summed E-state index contributed by atoms with van der Waals surface area (Å²) in [5.74, 6) is 1.15. The molecule has 1 N–H and O–H groups in total. The van der Waals surface area contributed by atoms with Crippen LogP contribution in [0.3, 0.4) is 0 Å². The lowest BCUT2D eigenvalue weighted by Gasteiger charge is -2.37. The van der Waals surface area contributed by atoms with E-state index in [4.69, 9.17) is 4.74 Å². The van der Waals surface area contributed by atoms with Gasteiger partial charge in [0.1, 0.15) is 5.75 Å². The van der Waals surface area contributed by atoms with Gasteiger partial charge in [0, 0.05) is 25.2 Å². The van der Waals surface area contributed by atoms with E-state index >= 15 is 0 Å². The third-order valence-corrected chi connectivity index (χ3v) is 5.13. The van der Waals surface area contributed by atoms with Gasteiger partial charge in [-0.05, 0) is 25.0 Å². The van der Waals surface area contributed by atoms with Crippen molar-refractivity contribution in [2.24, 2.45) is 5.92 Å². The normalized spacial score (nSPS) is 18.6. The average Bonchev–Trinajstić information content (AvgIpc) is 3.13. The molecule has 2 fully saturated rings. The van der Waals surface area contributed by atoms with Crippen molar-refractivity contribution >= 4 is 32.6 Å². The lowest BCUT2D eigenvalue weighted by atomic mass is 10.0. The highest BCUT2D eigenvalue weighted by atomic mass is 32.1. The molecular formula is C15H17N3O2S. The topological polar surface area (TPSA) is 54.5 Å². The van der Waals surface area contributed by atoms with Gasteiger partial charge in [0.05, 0.1) is 23.2 Å². The molecule has 2 aliphatic rings. The number of benzene rings is 1. The van der Waals surface area contributed by atoms with Crippen molar-refractivity contribution in [3.8, 4) is 5.75 Å². The lowest BCUT2D eigenvalue weighted by molar-refractivity contribution is -0.125. The van der Waals surface area contributed by atoms with E-state index < -0.39 is 0 Å². The Morgan fingerprint density at radius 3 is 2.95 bits per heavy atom. The second kappa shape index (κ2) is 4.87. The summed E-state index contributed by atoms with van der Waals surface area (Å²) < 4.78 is 6.37. The lowest BCUT2D eigenvalue weighted by Crippen LogP contribution is -2.54. The number of nitrogens with one attached hydrogen (secondary N) is 1. The molecule has 1 aromatic carbocycles. The number of methoxy groups -OCH3 is 1. The third kappa shape index (κ3) is 2.44. The standard InChI is InChI=1S/C15H17N3O2S/c1-20-11-4-5-13-12(6-11)17-15(21-13)18-7-9(8-18)14(19)16-10-2-3-10/h4-6,9-10H,2-3,7-8H2,1H3,(H,16,19). The van der Waals surface area contributed by atoms with Crippen LogP contribution in [0.5, 0.6) is 5.75 Å². The molecule has 1 aliphatic heterocycles. The minimum absolute atomic E-state index is 0.118. The summed E-state index contributed by atoms with van der Waals surface area (Å²) in [7, 11) is 1.66. The van der Waals surface area contributed by atoms with E-state index in [1.165, 1.54) is 0 Å². The number of hydrogen-bond acceptors (Lipinski definition) is 5. The minimum Gasteiger partial charge on any atom is -0.497 e. The summed E-state index contributed by atoms with van der Waals surface area (Å²) in [6.45, 7) is 1.55. The quantitative estimate of drug-likeness (QED) is 0.939. The number of hydrogen-bond donors (Lipinski definition) is 1. The summed E-state index contributed by atoms with van der Waals surface area (Å²) in [4.78, 5) is 18.8. The molecule has 1 amide bonds. The molecule has 4 rings (SSSR count). The fourth-order valence-corrected chi connectivity index (χ4v) is 3.47. The molecule has 2 aromatic rings. The van der Waals surface area contributed by atoms with Gasteiger partial charge >= 0.3 is 0 Å². The summed E-state index contributed by atoms with van der Waals surface area (Å²) in [6, 6.07) is 6.38. The molecule has 0 atom stereocenters. The van der Waals surface area contributed by atoms with E-state index in [1.807, 2.05) is 18.2 Å². The number of carbonyl (C=O) groups excluding carboxylic acids is 1. The molecule has 1 saturated carbocycles. The summed E-state index contributed by atoms with van der Waals surface area (Å²) in [5, 5.41) is 4.06. The molecule has 0 radical (unpaired) electrons. The Hall–Kier alpha value is -1.82. The van der Waals surface area contributed by atoms with Gasteiger partial charge in [-0.1, -0.05) is 11.3 Å². The number of fused-ring (bicyclic) bond motifs is 1. The Labute approximate surface area is 126 Å². The average molecular weight is 303 g/mol. The number of nitrogens with zero attached hydrogens (tertiary/aromatic N) is 2. The van der Waals surface area contributed by atoms with Crippen LogP contribution >= 0.6 is 11.3 Å². The van der Waals surface area contributed by atoms with E-state index in [1.54, 1.807) is 18.4 Å². The highest BCUT2D eigenvalue weighted by Crippen LogP contribution is 2.34. The fraction of sp³-hybridized carbons (Fsp3) is 0.467. The van der Waals surface area contributed by atoms with Gasteiger partial charge in [-0.15, -0.1) is 0 Å². The smallest absolute Gasteiger partial charge is 0.226 e. The first-order chi connectivity index (χ1) is 10.2. The van der Waals surface area contributed by atoms with Crippen LogP contribution in [-0.4, -0.2) is 37.1 Å². The van der Waals surface area contributed by atoms with Gasteiger partial charge in [-0.3, -0.25) is 4.79 Å². The van der Waals surface area contributed by atoms with E-state index in [9.17, 15) is 4.79 Å². The Morgan fingerprint density at radius 1 is 1.43 bits per heavy atom. The maximum atomic E-state index is 11.9. The van der Waals surface area contributed by atoms with Crippen LogP contribution in [0.2, 0.25) is 0 Å². The fourth-order valence-electron chi connectivity index (χ4n) is 2.50. The zero-order valence-corrected chi connectivity index (χ0v) is 12.7. The highest BCUT2D eigenvalue weighted by molar-refractivity contribution is 7.22. The SMILES string of the molecule is COc1ccc2sc(N3CC(C(=O)NC4CC4)C3)nc2c1. The Balaban J connectivity index is 1.44. The number of amides is 1. The van der Waals surface area contributed by atoms with Crippen molar-refractivity contribution in [1.29, 1.82) is 0 Å². The van der Waals surface area contributed by atoms with Crippen molar-refractivity contribution in [2.75, 3.05) is 25.1 Å². The summed E-state index contributed by atoms with van der Waals surface area (Å²) in [6.07, 6.45) is 2.28. The summed E-state index contributed by atoms with van der Waals surface area (Å²) >= 11 is 1.67. The monoisotopic (exact) mass is 303 g/mol. The molecule has 1 saturated heterocycles.